The van der Waals surface area contributed by atoms with E-state index in [2.05, 4.69) is 20.7 Å². The third-order valence-electron chi connectivity index (χ3n) is 3.74. The largest absolute Gasteiger partial charge is 0.495 e. The van der Waals surface area contributed by atoms with E-state index >= 15 is 0 Å². The summed E-state index contributed by atoms with van der Waals surface area (Å²) < 4.78 is 48.1. The molecule has 1 aliphatic rings. The fourth-order valence-corrected chi connectivity index (χ4v) is 5.72. The van der Waals surface area contributed by atoms with E-state index in [0.717, 1.165) is 0 Å². The average Bonchev–Trinajstić information content (AvgIpc) is 2.55. The lowest BCUT2D eigenvalue weighted by molar-refractivity contribution is 0.401. The van der Waals surface area contributed by atoms with Crippen LogP contribution >= 0.6 is 27.7 Å². The highest BCUT2D eigenvalue weighted by Gasteiger charge is 2.29. The number of thioether (sulfide) groups is 1. The second kappa shape index (κ2) is 7.03. The lowest BCUT2D eigenvalue weighted by Crippen LogP contribution is -2.31. The van der Waals surface area contributed by atoms with E-state index in [1.54, 1.807) is 24.3 Å². The third-order valence-corrected chi connectivity index (χ3v) is 6.88. The van der Waals surface area contributed by atoms with E-state index in [-0.39, 0.29) is 16.5 Å². The van der Waals surface area contributed by atoms with Crippen LogP contribution in [0.2, 0.25) is 0 Å². The molecule has 0 spiro atoms. The highest BCUT2D eigenvalue weighted by molar-refractivity contribution is 9.10. The number of sulfonamides is 1. The monoisotopic (exact) mass is 431 g/mol. The molecule has 4 nitrogen and oxygen atoms in total. The van der Waals surface area contributed by atoms with E-state index in [1.807, 2.05) is 0 Å². The minimum atomic E-state index is -3.82. The topological polar surface area (TPSA) is 55.4 Å². The maximum Gasteiger partial charge on any atom is 0.244 e. The molecule has 8 heteroatoms. The van der Waals surface area contributed by atoms with Gasteiger partial charge in [0.2, 0.25) is 10.0 Å². The zero-order valence-electron chi connectivity index (χ0n) is 12.8. The molecule has 1 N–H and O–H groups in total. The Morgan fingerprint density at radius 3 is 2.88 bits per heavy atom. The number of benzene rings is 2. The van der Waals surface area contributed by atoms with Gasteiger partial charge in [-0.3, -0.25) is 0 Å². The van der Waals surface area contributed by atoms with Gasteiger partial charge in [-0.05, 0) is 42.0 Å². The molecule has 24 heavy (non-hydrogen) atoms. The molecule has 2 aromatic carbocycles. The quantitative estimate of drug-likeness (QED) is 0.790. The minimum absolute atomic E-state index is 0.0514. The van der Waals surface area contributed by atoms with Crippen LogP contribution in [0, 0.1) is 5.82 Å². The van der Waals surface area contributed by atoms with Crippen LogP contribution in [0.25, 0.3) is 0 Å². The van der Waals surface area contributed by atoms with Crippen molar-refractivity contribution in [1.82, 2.24) is 4.72 Å². The summed E-state index contributed by atoms with van der Waals surface area (Å²) in [7, 11) is -2.40. The first-order valence-corrected chi connectivity index (χ1v) is 10.5. The Bertz CT molecular complexity index is 874. The molecule has 1 unspecified atom stereocenters. The Labute approximate surface area is 153 Å². The zero-order chi connectivity index (χ0) is 17.3. The molecule has 0 bridgehead atoms. The van der Waals surface area contributed by atoms with Crippen molar-refractivity contribution in [1.29, 1.82) is 0 Å². The summed E-state index contributed by atoms with van der Waals surface area (Å²) in [6.07, 6.45) is 0.594. The average molecular weight is 432 g/mol. The van der Waals surface area contributed by atoms with Crippen molar-refractivity contribution in [2.45, 2.75) is 22.3 Å². The molecule has 0 saturated carbocycles. The Morgan fingerprint density at radius 1 is 1.33 bits per heavy atom. The van der Waals surface area contributed by atoms with Crippen molar-refractivity contribution in [3.8, 4) is 5.75 Å². The minimum Gasteiger partial charge on any atom is -0.495 e. The van der Waals surface area contributed by atoms with E-state index in [9.17, 15) is 12.8 Å². The van der Waals surface area contributed by atoms with Crippen LogP contribution in [0.5, 0.6) is 5.75 Å². The molecular formula is C16H15BrFNO3S2. The van der Waals surface area contributed by atoms with Gasteiger partial charge < -0.3 is 4.74 Å². The summed E-state index contributed by atoms with van der Waals surface area (Å²) in [6.45, 7) is 0. The van der Waals surface area contributed by atoms with E-state index in [0.29, 0.717) is 27.1 Å². The standard InChI is InChI=1S/C16H15BrFNO3S2/c1-22-14-6-5-10(17)9-15(14)24(20,21)19-13-7-8-23-16-11(13)3-2-4-12(16)18/h2-6,9,13,19H,7-8H2,1H3. The molecule has 1 heterocycles. The van der Waals surface area contributed by atoms with Gasteiger partial charge in [0.25, 0.3) is 0 Å². The summed E-state index contributed by atoms with van der Waals surface area (Å²) in [4.78, 5) is 0.563. The lowest BCUT2D eigenvalue weighted by atomic mass is 10.0. The number of methoxy groups -OCH3 is 1. The first-order chi connectivity index (χ1) is 11.4. The molecule has 3 rings (SSSR count). The lowest BCUT2D eigenvalue weighted by Gasteiger charge is -2.26. The van der Waals surface area contributed by atoms with E-state index in [4.69, 9.17) is 4.74 Å². The maximum absolute atomic E-state index is 13.9. The smallest absolute Gasteiger partial charge is 0.244 e. The van der Waals surface area contributed by atoms with Gasteiger partial charge in [0.05, 0.1) is 7.11 Å². The summed E-state index contributed by atoms with van der Waals surface area (Å²) in [6, 6.07) is 9.07. The molecule has 2 aromatic rings. The van der Waals surface area contributed by atoms with Gasteiger partial charge in [-0.15, -0.1) is 11.8 Å². The first-order valence-electron chi connectivity index (χ1n) is 7.19. The highest BCUT2D eigenvalue weighted by atomic mass is 79.9. The van der Waals surface area contributed by atoms with Crippen molar-refractivity contribution < 1.29 is 17.5 Å². The molecule has 0 aliphatic carbocycles. The predicted molar refractivity (Wildman–Crippen MR) is 95.5 cm³/mol. The summed E-state index contributed by atoms with van der Waals surface area (Å²) in [5, 5.41) is 0. The highest BCUT2D eigenvalue weighted by Crippen LogP contribution is 2.39. The zero-order valence-corrected chi connectivity index (χ0v) is 16.0. The number of fused-ring (bicyclic) bond motifs is 1. The van der Waals surface area contributed by atoms with Gasteiger partial charge >= 0.3 is 0 Å². The van der Waals surface area contributed by atoms with Gasteiger partial charge in [-0.2, -0.15) is 0 Å². The molecule has 0 fully saturated rings. The Kier molecular flexibility index (Phi) is 5.19. The van der Waals surface area contributed by atoms with Gasteiger partial charge in [0.15, 0.2) is 0 Å². The van der Waals surface area contributed by atoms with Gasteiger partial charge in [0, 0.05) is 15.4 Å². The number of hydrogen-bond donors (Lipinski definition) is 1. The van der Waals surface area contributed by atoms with Crippen molar-refractivity contribution in [3.05, 3.63) is 52.3 Å². The second-order valence-electron chi connectivity index (χ2n) is 5.26. The molecule has 1 atom stereocenters. The summed E-state index contributed by atoms with van der Waals surface area (Å²) in [5.74, 6) is 0.591. The summed E-state index contributed by atoms with van der Waals surface area (Å²) >= 11 is 4.69. The fourth-order valence-electron chi connectivity index (χ4n) is 2.62. The predicted octanol–water partition coefficient (Wildman–Crippen LogP) is 4.11. The molecule has 0 amide bonds. The van der Waals surface area contributed by atoms with Gasteiger partial charge in [0.1, 0.15) is 16.5 Å². The Morgan fingerprint density at radius 2 is 2.12 bits per heavy atom. The number of hydrogen-bond acceptors (Lipinski definition) is 4. The van der Waals surface area contributed by atoms with Crippen molar-refractivity contribution >= 4 is 37.7 Å². The van der Waals surface area contributed by atoms with Crippen LogP contribution in [0.3, 0.4) is 0 Å². The van der Waals surface area contributed by atoms with Crippen LogP contribution in [0.15, 0.2) is 50.7 Å². The second-order valence-corrected chi connectivity index (χ2v) is 8.97. The molecule has 0 aromatic heterocycles. The van der Waals surface area contributed by atoms with Crippen LogP contribution in [-0.2, 0) is 10.0 Å². The SMILES string of the molecule is COc1ccc(Br)cc1S(=O)(=O)NC1CCSc2c(F)cccc21. The Balaban J connectivity index is 1.98. The van der Waals surface area contributed by atoms with Crippen molar-refractivity contribution in [3.63, 3.8) is 0 Å². The number of rotatable bonds is 4. The van der Waals surface area contributed by atoms with Gasteiger partial charge in [-0.25, -0.2) is 17.5 Å². The molecule has 128 valence electrons. The Hall–Kier alpha value is -1.09. The maximum atomic E-state index is 13.9. The van der Waals surface area contributed by atoms with Crippen LogP contribution < -0.4 is 9.46 Å². The summed E-state index contributed by atoms with van der Waals surface area (Å²) in [5.41, 5.74) is 0.670. The molecule has 0 radical (unpaired) electrons. The van der Waals surface area contributed by atoms with Crippen molar-refractivity contribution in [2.24, 2.45) is 0 Å². The number of nitrogens with one attached hydrogen (secondary N) is 1. The first kappa shape index (κ1) is 17.7. The normalized spacial score (nSPS) is 17.4. The van der Waals surface area contributed by atoms with Crippen LogP contribution in [0.4, 0.5) is 4.39 Å². The molecular weight excluding hydrogens is 417 g/mol. The number of halogens is 2. The van der Waals surface area contributed by atoms with Crippen molar-refractivity contribution in [2.75, 3.05) is 12.9 Å². The van der Waals surface area contributed by atoms with E-state index in [1.165, 1.54) is 31.0 Å². The van der Waals surface area contributed by atoms with Crippen LogP contribution in [-0.4, -0.2) is 21.3 Å². The van der Waals surface area contributed by atoms with E-state index < -0.39 is 16.1 Å². The molecule has 1 aliphatic heterocycles. The number of ether oxygens (including phenoxy) is 1. The fraction of sp³-hybridized carbons (Fsp3) is 0.250. The van der Waals surface area contributed by atoms with Gasteiger partial charge in [-0.1, -0.05) is 28.1 Å². The van der Waals surface area contributed by atoms with Crippen LogP contribution in [0.1, 0.15) is 18.0 Å². The molecule has 0 saturated heterocycles. The third kappa shape index (κ3) is 3.46.